The van der Waals surface area contributed by atoms with Crippen LogP contribution in [0.25, 0.3) is 0 Å². The first-order valence-corrected chi connectivity index (χ1v) is 5.97. The highest BCUT2D eigenvalue weighted by atomic mass is 19.1. The van der Waals surface area contributed by atoms with E-state index in [0.29, 0.717) is 0 Å². The molecule has 8 heteroatoms. The van der Waals surface area contributed by atoms with Crippen molar-refractivity contribution in [3.8, 4) is 0 Å². The number of aryl methyl sites for hydroxylation is 1. The molecule has 0 aliphatic heterocycles. The number of halogens is 2. The van der Waals surface area contributed by atoms with Crippen LogP contribution >= 0.6 is 0 Å². The van der Waals surface area contributed by atoms with E-state index in [1.165, 1.54) is 16.9 Å². The molecule has 21 heavy (non-hydrogen) atoms. The Labute approximate surface area is 118 Å². The summed E-state index contributed by atoms with van der Waals surface area (Å²) in [6.45, 7) is 0.108. The molecule has 0 unspecified atom stereocenters. The van der Waals surface area contributed by atoms with Gasteiger partial charge in [0.2, 0.25) is 0 Å². The molecule has 0 aliphatic rings. The number of benzene rings is 1. The van der Waals surface area contributed by atoms with Crippen molar-refractivity contribution in [3.63, 3.8) is 0 Å². The van der Waals surface area contributed by atoms with Gasteiger partial charge in [-0.05, 0) is 18.2 Å². The largest absolute Gasteiger partial charge is 0.481 e. The van der Waals surface area contributed by atoms with Gasteiger partial charge in [0.05, 0.1) is 18.7 Å². The lowest BCUT2D eigenvalue weighted by molar-refractivity contribution is -0.137. The lowest BCUT2D eigenvalue weighted by Gasteiger charge is -2.04. The molecule has 1 aromatic heterocycles. The summed E-state index contributed by atoms with van der Waals surface area (Å²) < 4.78 is 27.7. The van der Waals surface area contributed by atoms with Gasteiger partial charge in [-0.3, -0.25) is 14.3 Å². The minimum absolute atomic E-state index is 0.0240. The van der Waals surface area contributed by atoms with Gasteiger partial charge in [0.1, 0.15) is 11.6 Å². The van der Waals surface area contributed by atoms with Crippen LogP contribution < -0.4 is 5.32 Å². The van der Waals surface area contributed by atoms with E-state index in [4.69, 9.17) is 5.11 Å². The zero-order valence-electron chi connectivity index (χ0n) is 10.7. The number of anilines is 1. The molecule has 2 aromatic rings. The number of nitrogens with zero attached hydrogens (tertiary/aromatic N) is 2. The molecule has 110 valence electrons. The fourth-order valence-corrected chi connectivity index (χ4v) is 1.60. The van der Waals surface area contributed by atoms with Crippen molar-refractivity contribution in [2.75, 3.05) is 5.32 Å². The monoisotopic (exact) mass is 295 g/mol. The molecule has 6 nitrogen and oxygen atoms in total. The molecule has 2 N–H and O–H groups in total. The summed E-state index contributed by atoms with van der Waals surface area (Å²) in [5.74, 6) is -3.15. The maximum atomic E-state index is 13.4. The average molecular weight is 295 g/mol. The highest BCUT2D eigenvalue weighted by Crippen LogP contribution is 2.16. The van der Waals surface area contributed by atoms with Crippen LogP contribution in [0, 0.1) is 11.6 Å². The first kappa shape index (κ1) is 14.6. The molecule has 0 bridgehead atoms. The minimum Gasteiger partial charge on any atom is -0.481 e. The third-order valence-electron chi connectivity index (χ3n) is 2.60. The Balaban J connectivity index is 2.06. The molecule has 1 heterocycles. The van der Waals surface area contributed by atoms with Gasteiger partial charge in [-0.1, -0.05) is 0 Å². The highest BCUT2D eigenvalue weighted by molar-refractivity contribution is 6.02. The topological polar surface area (TPSA) is 84.2 Å². The van der Waals surface area contributed by atoms with Gasteiger partial charge in [-0.15, -0.1) is 0 Å². The van der Waals surface area contributed by atoms with Crippen LogP contribution in [0.2, 0.25) is 0 Å². The van der Waals surface area contributed by atoms with E-state index in [9.17, 15) is 18.4 Å². The lowest BCUT2D eigenvalue weighted by atomic mass is 10.3. The number of nitrogens with one attached hydrogen (secondary N) is 1. The van der Waals surface area contributed by atoms with Crippen LogP contribution in [0.15, 0.2) is 30.5 Å². The van der Waals surface area contributed by atoms with Gasteiger partial charge in [-0.2, -0.15) is 5.10 Å². The number of carboxylic acid groups (broad SMARTS) is 1. The minimum atomic E-state index is -0.988. The van der Waals surface area contributed by atoms with Crippen molar-refractivity contribution in [2.45, 2.75) is 13.0 Å². The van der Waals surface area contributed by atoms with Crippen LogP contribution in [0.4, 0.5) is 14.5 Å². The Bertz CT molecular complexity index is 685. The normalized spacial score (nSPS) is 10.4. The molecular formula is C13H11F2N3O3. The first-order chi connectivity index (χ1) is 9.95. The molecule has 2 rings (SSSR count). The molecule has 0 saturated carbocycles. The molecule has 0 saturated heterocycles. The Morgan fingerprint density at radius 2 is 2.05 bits per heavy atom. The second-order valence-electron chi connectivity index (χ2n) is 4.19. The van der Waals surface area contributed by atoms with Crippen LogP contribution in [-0.2, 0) is 11.3 Å². The van der Waals surface area contributed by atoms with Gasteiger partial charge in [0, 0.05) is 12.3 Å². The molecule has 1 amide bonds. The molecule has 1 aromatic carbocycles. The number of hydrogen-bond acceptors (Lipinski definition) is 3. The zero-order valence-corrected chi connectivity index (χ0v) is 10.7. The van der Waals surface area contributed by atoms with Crippen molar-refractivity contribution >= 4 is 17.6 Å². The second-order valence-corrected chi connectivity index (χ2v) is 4.19. The maximum Gasteiger partial charge on any atom is 0.305 e. The van der Waals surface area contributed by atoms with Crippen LogP contribution in [0.3, 0.4) is 0 Å². The summed E-state index contributed by atoms with van der Waals surface area (Å²) in [5, 5.41) is 14.6. The molecule has 0 fully saturated rings. The summed E-state index contributed by atoms with van der Waals surface area (Å²) in [7, 11) is 0. The fraction of sp³-hybridized carbons (Fsp3) is 0.154. The molecule has 0 aliphatic carbocycles. The summed E-state index contributed by atoms with van der Waals surface area (Å²) in [5.41, 5.74) is -0.316. The van der Waals surface area contributed by atoms with E-state index < -0.39 is 23.5 Å². The SMILES string of the molecule is O=C(O)CCn1ccc(C(=O)Nc2cc(F)ccc2F)n1. The number of carboxylic acids is 1. The van der Waals surface area contributed by atoms with E-state index in [0.717, 1.165) is 18.2 Å². The van der Waals surface area contributed by atoms with Crippen molar-refractivity contribution < 1.29 is 23.5 Å². The van der Waals surface area contributed by atoms with E-state index in [1.807, 2.05) is 0 Å². The number of amides is 1. The number of aliphatic carboxylic acids is 1. The first-order valence-electron chi connectivity index (χ1n) is 5.97. The average Bonchev–Trinajstić information content (AvgIpc) is 2.89. The van der Waals surface area contributed by atoms with Crippen molar-refractivity contribution in [1.82, 2.24) is 9.78 Å². The van der Waals surface area contributed by atoms with Crippen molar-refractivity contribution in [3.05, 3.63) is 47.8 Å². The van der Waals surface area contributed by atoms with Gasteiger partial charge in [0.15, 0.2) is 5.69 Å². The predicted octanol–water partition coefficient (Wildman–Crippen LogP) is 1.89. The van der Waals surface area contributed by atoms with E-state index in [-0.39, 0.29) is 24.3 Å². The zero-order chi connectivity index (χ0) is 15.4. The quantitative estimate of drug-likeness (QED) is 0.882. The van der Waals surface area contributed by atoms with E-state index in [1.54, 1.807) is 0 Å². The summed E-state index contributed by atoms with van der Waals surface area (Å²) in [6.07, 6.45) is 1.29. The van der Waals surface area contributed by atoms with Gasteiger partial charge in [0.25, 0.3) is 5.91 Å². The Kier molecular flexibility index (Phi) is 4.27. The Morgan fingerprint density at radius 3 is 2.76 bits per heavy atom. The van der Waals surface area contributed by atoms with Crippen LogP contribution in [-0.4, -0.2) is 26.8 Å². The third-order valence-corrected chi connectivity index (χ3v) is 2.60. The van der Waals surface area contributed by atoms with Gasteiger partial charge in [-0.25, -0.2) is 8.78 Å². The highest BCUT2D eigenvalue weighted by Gasteiger charge is 2.13. The molecular weight excluding hydrogens is 284 g/mol. The predicted molar refractivity (Wildman–Crippen MR) is 68.8 cm³/mol. The number of carbonyl (C=O) groups is 2. The van der Waals surface area contributed by atoms with Crippen molar-refractivity contribution in [2.24, 2.45) is 0 Å². The number of carbonyl (C=O) groups excluding carboxylic acids is 1. The Hall–Kier alpha value is -2.77. The smallest absolute Gasteiger partial charge is 0.305 e. The third kappa shape index (κ3) is 3.85. The standard InChI is InChI=1S/C13H11F2N3O3/c14-8-1-2-9(15)11(7-8)16-13(21)10-3-5-18(17-10)6-4-12(19)20/h1-3,5,7H,4,6H2,(H,16,21)(H,19,20). The Morgan fingerprint density at radius 1 is 1.29 bits per heavy atom. The van der Waals surface area contributed by atoms with Crippen LogP contribution in [0.1, 0.15) is 16.9 Å². The molecule has 0 radical (unpaired) electrons. The number of hydrogen-bond donors (Lipinski definition) is 2. The molecule has 0 spiro atoms. The van der Waals surface area contributed by atoms with Gasteiger partial charge < -0.3 is 10.4 Å². The second kappa shape index (κ2) is 6.12. The number of rotatable bonds is 5. The maximum absolute atomic E-state index is 13.4. The van der Waals surface area contributed by atoms with E-state index >= 15 is 0 Å². The lowest BCUT2D eigenvalue weighted by Crippen LogP contribution is -2.15. The number of aromatic nitrogens is 2. The van der Waals surface area contributed by atoms with E-state index in [2.05, 4.69) is 10.4 Å². The molecule has 0 atom stereocenters. The summed E-state index contributed by atoms with van der Waals surface area (Å²) in [6, 6.07) is 4.05. The van der Waals surface area contributed by atoms with Gasteiger partial charge >= 0.3 is 5.97 Å². The fourth-order valence-electron chi connectivity index (χ4n) is 1.60. The van der Waals surface area contributed by atoms with Crippen molar-refractivity contribution in [1.29, 1.82) is 0 Å². The summed E-state index contributed by atoms with van der Waals surface area (Å²) in [4.78, 5) is 22.3. The van der Waals surface area contributed by atoms with Crippen LogP contribution in [0.5, 0.6) is 0 Å². The summed E-state index contributed by atoms with van der Waals surface area (Å²) >= 11 is 0.